The van der Waals surface area contributed by atoms with E-state index in [0.29, 0.717) is 19.1 Å². The lowest BCUT2D eigenvalue weighted by Crippen LogP contribution is -2.46. The van der Waals surface area contributed by atoms with Gasteiger partial charge in [-0.2, -0.15) is 0 Å². The van der Waals surface area contributed by atoms with Crippen LogP contribution in [0, 0.1) is 0 Å². The van der Waals surface area contributed by atoms with Crippen LogP contribution in [-0.4, -0.2) is 53.9 Å². The fourth-order valence-electron chi connectivity index (χ4n) is 1.46. The van der Waals surface area contributed by atoms with Crippen LogP contribution in [0.15, 0.2) is 9.98 Å². The van der Waals surface area contributed by atoms with Crippen molar-refractivity contribution in [2.45, 2.75) is 38.4 Å². The third kappa shape index (κ3) is 7.12. The summed E-state index contributed by atoms with van der Waals surface area (Å²) < 4.78 is 16.4. The molecule has 0 aromatic carbocycles. The average molecular weight is 288 g/mol. The van der Waals surface area contributed by atoms with Crippen LogP contribution in [0.1, 0.15) is 20.3 Å². The number of aliphatic imine (C=N–C) groups is 2. The van der Waals surface area contributed by atoms with Crippen molar-refractivity contribution in [3.05, 3.63) is 0 Å². The summed E-state index contributed by atoms with van der Waals surface area (Å²) in [7, 11) is 0.154. The van der Waals surface area contributed by atoms with Crippen molar-refractivity contribution in [2.24, 2.45) is 9.98 Å². The summed E-state index contributed by atoms with van der Waals surface area (Å²) in [6.45, 7) is 3.89. The van der Waals surface area contributed by atoms with Gasteiger partial charge in [-0.1, -0.05) is 0 Å². The van der Waals surface area contributed by atoms with Crippen molar-refractivity contribution in [1.82, 2.24) is 0 Å². The summed E-state index contributed by atoms with van der Waals surface area (Å²) in [5.41, 5.74) is 0. The normalized spacial score (nSPS) is 14.1. The first-order valence-corrected chi connectivity index (χ1v) is 7.85. The first-order valence-electron chi connectivity index (χ1n) is 5.91. The molecule has 0 heterocycles. The quantitative estimate of drug-likeness (QED) is 0.341. The van der Waals surface area contributed by atoms with Gasteiger partial charge in [0, 0.05) is 26.9 Å². The van der Waals surface area contributed by atoms with E-state index in [-0.39, 0.29) is 12.1 Å². The van der Waals surface area contributed by atoms with Crippen LogP contribution in [0.25, 0.3) is 0 Å². The molecular weight excluding hydrogens is 268 g/mol. The highest BCUT2D eigenvalue weighted by atomic mass is 28.4. The van der Waals surface area contributed by atoms with Gasteiger partial charge in [0.2, 0.25) is 12.2 Å². The van der Waals surface area contributed by atoms with Crippen molar-refractivity contribution in [3.63, 3.8) is 0 Å². The van der Waals surface area contributed by atoms with Crippen molar-refractivity contribution in [2.75, 3.05) is 20.8 Å². The van der Waals surface area contributed by atoms with E-state index in [1.54, 1.807) is 13.8 Å². The Balaban J connectivity index is 4.45. The number of rotatable bonds is 10. The molecule has 0 bridgehead atoms. The largest absolute Gasteiger partial charge is 0.502 e. The molecule has 0 saturated carbocycles. The number of hydrogen-bond acceptors (Lipinski definition) is 7. The molecule has 0 radical (unpaired) electrons. The fraction of sp³-hybridized carbons (Fsp3) is 0.818. The Hall–Kier alpha value is -1.14. The predicted molar refractivity (Wildman–Crippen MR) is 70.3 cm³/mol. The molecular formula is C11H20N2O5Si. The maximum absolute atomic E-state index is 10.2. The third-order valence-electron chi connectivity index (χ3n) is 2.57. The van der Waals surface area contributed by atoms with Crippen LogP contribution in [0.2, 0.25) is 6.04 Å². The molecule has 0 saturated heterocycles. The van der Waals surface area contributed by atoms with E-state index in [4.69, 9.17) is 13.3 Å². The average Bonchev–Trinajstić information content (AvgIpc) is 2.38. The Kier molecular flexibility index (Phi) is 9.16. The van der Waals surface area contributed by atoms with Crippen molar-refractivity contribution < 1.29 is 22.9 Å². The maximum Gasteiger partial charge on any atom is 0.502 e. The van der Waals surface area contributed by atoms with Gasteiger partial charge in [-0.3, -0.25) is 0 Å². The van der Waals surface area contributed by atoms with Gasteiger partial charge in [-0.15, -0.1) is 0 Å². The van der Waals surface area contributed by atoms with Gasteiger partial charge in [0.15, 0.2) is 0 Å². The van der Waals surface area contributed by atoms with Gasteiger partial charge in [0.1, 0.15) is 0 Å². The molecule has 108 valence electrons. The molecule has 2 unspecified atom stereocenters. The molecule has 0 amide bonds. The molecule has 0 fully saturated rings. The van der Waals surface area contributed by atoms with Crippen LogP contribution in [0.3, 0.4) is 0 Å². The number of carbonyl (C=O) groups excluding carboxylic acids is 2. The molecule has 19 heavy (non-hydrogen) atoms. The fourth-order valence-corrected chi connectivity index (χ4v) is 3.56. The summed E-state index contributed by atoms with van der Waals surface area (Å²) in [6.07, 6.45) is 3.56. The Morgan fingerprint density at radius 2 is 1.58 bits per heavy atom. The molecule has 0 aliphatic heterocycles. The summed E-state index contributed by atoms with van der Waals surface area (Å²) >= 11 is 0. The zero-order chi connectivity index (χ0) is 14.7. The van der Waals surface area contributed by atoms with E-state index in [2.05, 4.69) is 9.98 Å². The number of nitrogens with zero attached hydrogens (tertiary/aromatic N) is 2. The Bertz CT molecular complexity index is 349. The van der Waals surface area contributed by atoms with Gasteiger partial charge < -0.3 is 13.3 Å². The first kappa shape index (κ1) is 17.9. The molecule has 8 heteroatoms. The summed E-state index contributed by atoms with van der Waals surface area (Å²) in [5, 5.41) is 0. The highest BCUT2D eigenvalue weighted by Crippen LogP contribution is 2.18. The highest BCUT2D eigenvalue weighted by molar-refractivity contribution is 6.60. The highest BCUT2D eigenvalue weighted by Gasteiger charge is 2.40. The maximum atomic E-state index is 10.2. The van der Waals surface area contributed by atoms with Crippen LogP contribution in [0.4, 0.5) is 0 Å². The van der Waals surface area contributed by atoms with Crippen LogP contribution in [0.5, 0.6) is 0 Å². The van der Waals surface area contributed by atoms with Gasteiger partial charge in [0.25, 0.3) is 0 Å². The molecule has 2 atom stereocenters. The molecule has 0 spiro atoms. The standard InChI is InChI=1S/C11H20N2O5Si/c1-10(12-8-14)5-6-18-19(16-3,17-4)7-11(2)13-9-15/h10-11H,5-7H2,1-4H3. The third-order valence-corrected chi connectivity index (χ3v) is 5.55. The molecule has 0 aliphatic rings. The lowest BCUT2D eigenvalue weighted by Gasteiger charge is -2.27. The summed E-state index contributed by atoms with van der Waals surface area (Å²) in [5.74, 6) is 0. The van der Waals surface area contributed by atoms with Crippen molar-refractivity contribution >= 4 is 21.0 Å². The van der Waals surface area contributed by atoms with E-state index in [1.165, 1.54) is 26.4 Å². The predicted octanol–water partition coefficient (Wildman–Crippen LogP) is 1.07. The van der Waals surface area contributed by atoms with Crippen LogP contribution < -0.4 is 0 Å². The van der Waals surface area contributed by atoms with Gasteiger partial charge in [-0.25, -0.2) is 19.6 Å². The monoisotopic (exact) mass is 288 g/mol. The second-order valence-corrected chi connectivity index (χ2v) is 6.95. The molecule has 7 nitrogen and oxygen atoms in total. The molecule has 0 rings (SSSR count). The van der Waals surface area contributed by atoms with Gasteiger partial charge in [0.05, 0.1) is 12.1 Å². The van der Waals surface area contributed by atoms with Gasteiger partial charge in [-0.05, 0) is 20.3 Å². The first-order chi connectivity index (χ1) is 9.03. The zero-order valence-electron chi connectivity index (χ0n) is 11.7. The summed E-state index contributed by atoms with van der Waals surface area (Å²) in [4.78, 5) is 27.5. The second kappa shape index (κ2) is 9.74. The Labute approximate surface area is 114 Å². The smallest absolute Gasteiger partial charge is 0.377 e. The minimum atomic E-state index is -2.85. The van der Waals surface area contributed by atoms with Crippen LogP contribution >= 0.6 is 0 Å². The molecule has 0 N–H and O–H groups in total. The van der Waals surface area contributed by atoms with Crippen LogP contribution in [-0.2, 0) is 22.9 Å². The number of isocyanates is 2. The van der Waals surface area contributed by atoms with E-state index in [9.17, 15) is 9.59 Å². The van der Waals surface area contributed by atoms with E-state index >= 15 is 0 Å². The minimum Gasteiger partial charge on any atom is -0.377 e. The Morgan fingerprint density at radius 1 is 1.05 bits per heavy atom. The number of hydrogen-bond donors (Lipinski definition) is 0. The topological polar surface area (TPSA) is 86.6 Å². The van der Waals surface area contributed by atoms with Crippen molar-refractivity contribution in [3.8, 4) is 0 Å². The zero-order valence-corrected chi connectivity index (χ0v) is 12.7. The van der Waals surface area contributed by atoms with Gasteiger partial charge >= 0.3 is 8.80 Å². The van der Waals surface area contributed by atoms with Crippen molar-refractivity contribution in [1.29, 1.82) is 0 Å². The Morgan fingerprint density at radius 3 is 2.05 bits per heavy atom. The lowest BCUT2D eigenvalue weighted by atomic mass is 10.3. The SMILES string of the molecule is CO[Si](CC(C)N=C=O)(OC)OCCC(C)N=C=O. The van der Waals surface area contributed by atoms with E-state index in [1.807, 2.05) is 0 Å². The summed E-state index contributed by atoms with van der Waals surface area (Å²) in [6, 6.07) is -0.0570. The molecule has 0 aromatic heterocycles. The lowest BCUT2D eigenvalue weighted by molar-refractivity contribution is 0.0944. The second-order valence-electron chi connectivity index (χ2n) is 4.07. The minimum absolute atomic E-state index is 0.164. The van der Waals surface area contributed by atoms with E-state index in [0.717, 1.165) is 0 Å². The molecule has 0 aromatic rings. The molecule has 0 aliphatic carbocycles. The van der Waals surface area contributed by atoms with E-state index < -0.39 is 8.80 Å².